The second kappa shape index (κ2) is 6.66. The Kier molecular flexibility index (Phi) is 5.45. The molecule has 9 nitrogen and oxygen atoms in total. The number of carbonyl (C=O) groups excluding carboxylic acids is 2. The van der Waals surface area contributed by atoms with Crippen LogP contribution in [0.25, 0.3) is 0 Å². The maximum absolute atomic E-state index is 11.9. The highest BCUT2D eigenvalue weighted by Crippen LogP contribution is 2.15. The summed E-state index contributed by atoms with van der Waals surface area (Å²) >= 11 is 0. The van der Waals surface area contributed by atoms with Gasteiger partial charge in [-0.3, -0.25) is 14.4 Å². The van der Waals surface area contributed by atoms with Gasteiger partial charge in [-0.2, -0.15) is 0 Å². The van der Waals surface area contributed by atoms with Gasteiger partial charge in [0.15, 0.2) is 9.84 Å². The molecule has 1 fully saturated rings. The van der Waals surface area contributed by atoms with E-state index in [2.05, 4.69) is 5.32 Å². The minimum Gasteiger partial charge on any atom is -0.481 e. The van der Waals surface area contributed by atoms with Crippen LogP contribution in [0.2, 0.25) is 0 Å². The van der Waals surface area contributed by atoms with Crippen molar-refractivity contribution in [2.24, 2.45) is 5.73 Å². The van der Waals surface area contributed by atoms with Gasteiger partial charge in [0, 0.05) is 6.54 Å². The number of rotatable bonds is 5. The van der Waals surface area contributed by atoms with Crippen LogP contribution in [0.1, 0.15) is 6.42 Å². The summed E-state index contributed by atoms with van der Waals surface area (Å²) in [7, 11) is -3.34. The van der Waals surface area contributed by atoms with Gasteiger partial charge < -0.3 is 21.1 Å². The first kappa shape index (κ1) is 16.4. The van der Waals surface area contributed by atoms with Gasteiger partial charge in [0.25, 0.3) is 0 Å². The number of nitrogens with one attached hydrogen (secondary N) is 1. The molecule has 2 amide bonds. The van der Waals surface area contributed by atoms with E-state index in [0.717, 1.165) is 0 Å². The summed E-state index contributed by atoms with van der Waals surface area (Å²) in [4.78, 5) is 34.8. The van der Waals surface area contributed by atoms with Crippen molar-refractivity contribution in [3.8, 4) is 0 Å². The van der Waals surface area contributed by atoms with Crippen molar-refractivity contribution in [2.45, 2.75) is 12.5 Å². The quantitative estimate of drug-likeness (QED) is 0.495. The largest absolute Gasteiger partial charge is 0.481 e. The van der Waals surface area contributed by atoms with E-state index in [1.165, 1.54) is 4.90 Å². The SMILES string of the molecule is NCC(=O)NCC(=O)N1CCS(=O)(=O)CC1CC(=O)O. The third-order valence-corrected chi connectivity index (χ3v) is 4.58. The van der Waals surface area contributed by atoms with Crippen LogP contribution in [0.3, 0.4) is 0 Å². The zero-order chi connectivity index (χ0) is 15.3. The second-order valence-corrected chi connectivity index (χ2v) is 6.66. The Morgan fingerprint density at radius 3 is 2.55 bits per heavy atom. The van der Waals surface area contributed by atoms with Crippen LogP contribution >= 0.6 is 0 Å². The van der Waals surface area contributed by atoms with Gasteiger partial charge in [-0.1, -0.05) is 0 Å². The van der Waals surface area contributed by atoms with Crippen molar-refractivity contribution in [3.05, 3.63) is 0 Å². The van der Waals surface area contributed by atoms with Crippen LogP contribution in [0.15, 0.2) is 0 Å². The molecule has 10 heteroatoms. The molecule has 0 aromatic heterocycles. The molecule has 0 bridgehead atoms. The molecule has 0 aliphatic carbocycles. The predicted molar refractivity (Wildman–Crippen MR) is 68.5 cm³/mol. The monoisotopic (exact) mass is 307 g/mol. The van der Waals surface area contributed by atoms with E-state index < -0.39 is 40.1 Å². The number of carboxylic acids is 1. The summed E-state index contributed by atoms with van der Waals surface area (Å²) < 4.78 is 23.0. The Morgan fingerprint density at radius 2 is 2.00 bits per heavy atom. The minimum atomic E-state index is -3.34. The molecule has 0 aromatic carbocycles. The van der Waals surface area contributed by atoms with E-state index in [4.69, 9.17) is 10.8 Å². The van der Waals surface area contributed by atoms with Crippen LogP contribution in [-0.2, 0) is 24.2 Å². The lowest BCUT2D eigenvalue weighted by Crippen LogP contribution is -2.54. The molecule has 114 valence electrons. The zero-order valence-corrected chi connectivity index (χ0v) is 11.6. The van der Waals surface area contributed by atoms with Crippen LogP contribution in [0.4, 0.5) is 0 Å². The first-order valence-electron chi connectivity index (χ1n) is 5.93. The van der Waals surface area contributed by atoms with E-state index in [1.54, 1.807) is 0 Å². The van der Waals surface area contributed by atoms with Crippen LogP contribution < -0.4 is 11.1 Å². The van der Waals surface area contributed by atoms with E-state index in [0.29, 0.717) is 0 Å². The minimum absolute atomic E-state index is 0.0718. The zero-order valence-electron chi connectivity index (χ0n) is 10.7. The summed E-state index contributed by atoms with van der Waals surface area (Å²) in [5.41, 5.74) is 5.07. The molecule has 1 saturated heterocycles. The molecule has 20 heavy (non-hydrogen) atoms. The van der Waals surface area contributed by atoms with Crippen molar-refractivity contribution in [3.63, 3.8) is 0 Å². The van der Waals surface area contributed by atoms with Gasteiger partial charge in [0.1, 0.15) is 0 Å². The molecule has 1 heterocycles. The molecule has 0 spiro atoms. The Hall–Kier alpha value is -1.68. The van der Waals surface area contributed by atoms with Crippen molar-refractivity contribution in [2.75, 3.05) is 31.1 Å². The average molecular weight is 307 g/mol. The smallest absolute Gasteiger partial charge is 0.305 e. The Balaban J connectivity index is 2.71. The van der Waals surface area contributed by atoms with E-state index in [1.807, 2.05) is 0 Å². The average Bonchev–Trinajstić information content (AvgIpc) is 2.33. The lowest BCUT2D eigenvalue weighted by Gasteiger charge is -2.34. The topological polar surface area (TPSA) is 147 Å². The Labute approximate surface area is 116 Å². The summed E-state index contributed by atoms with van der Waals surface area (Å²) in [5, 5.41) is 11.0. The Bertz CT molecular complexity index is 503. The summed E-state index contributed by atoms with van der Waals surface area (Å²) in [5.74, 6) is -2.81. The number of hydrogen-bond acceptors (Lipinski definition) is 6. The van der Waals surface area contributed by atoms with Crippen molar-refractivity contribution >= 4 is 27.6 Å². The second-order valence-electron chi connectivity index (χ2n) is 4.43. The first-order valence-corrected chi connectivity index (χ1v) is 7.76. The highest BCUT2D eigenvalue weighted by molar-refractivity contribution is 7.91. The maximum Gasteiger partial charge on any atom is 0.305 e. The number of amides is 2. The third kappa shape index (κ3) is 4.78. The molecule has 1 atom stereocenters. The molecule has 1 rings (SSSR count). The highest BCUT2D eigenvalue weighted by atomic mass is 32.2. The molecule has 0 radical (unpaired) electrons. The number of nitrogens with two attached hydrogens (primary N) is 1. The summed E-state index contributed by atoms with van der Waals surface area (Å²) in [6.07, 6.45) is -0.449. The fraction of sp³-hybridized carbons (Fsp3) is 0.700. The van der Waals surface area contributed by atoms with Crippen molar-refractivity contribution < 1.29 is 27.9 Å². The van der Waals surface area contributed by atoms with E-state index >= 15 is 0 Å². The molecule has 1 aliphatic rings. The molecule has 1 aliphatic heterocycles. The Morgan fingerprint density at radius 1 is 1.35 bits per heavy atom. The first-order chi connectivity index (χ1) is 9.25. The fourth-order valence-electron chi connectivity index (χ4n) is 1.93. The number of aliphatic carboxylic acids is 1. The number of nitrogens with zero attached hydrogens (tertiary/aromatic N) is 1. The van der Waals surface area contributed by atoms with Gasteiger partial charge in [-0.25, -0.2) is 8.42 Å². The van der Waals surface area contributed by atoms with Crippen LogP contribution in [-0.4, -0.2) is 73.4 Å². The van der Waals surface area contributed by atoms with E-state index in [-0.39, 0.29) is 31.1 Å². The van der Waals surface area contributed by atoms with Crippen molar-refractivity contribution in [1.29, 1.82) is 0 Å². The van der Waals surface area contributed by atoms with Gasteiger partial charge in [-0.05, 0) is 0 Å². The lowest BCUT2D eigenvalue weighted by molar-refractivity contribution is -0.140. The summed E-state index contributed by atoms with van der Waals surface area (Å²) in [6.45, 7) is -0.663. The van der Waals surface area contributed by atoms with Crippen LogP contribution in [0, 0.1) is 0 Å². The lowest BCUT2D eigenvalue weighted by atomic mass is 10.2. The van der Waals surface area contributed by atoms with Gasteiger partial charge in [-0.15, -0.1) is 0 Å². The number of sulfone groups is 1. The van der Waals surface area contributed by atoms with Crippen LogP contribution in [0.5, 0.6) is 0 Å². The standard InChI is InChI=1S/C10H17N3O6S/c11-4-8(14)12-5-9(15)13-1-2-20(18,19)6-7(13)3-10(16)17/h7H,1-6,11H2,(H,12,14)(H,16,17). The van der Waals surface area contributed by atoms with Gasteiger partial charge in [0.05, 0.1) is 37.1 Å². The number of carboxylic acid groups (broad SMARTS) is 1. The maximum atomic E-state index is 11.9. The molecule has 1 unspecified atom stereocenters. The van der Waals surface area contributed by atoms with E-state index in [9.17, 15) is 22.8 Å². The third-order valence-electron chi connectivity index (χ3n) is 2.88. The molecule has 4 N–H and O–H groups in total. The fourth-order valence-corrected chi connectivity index (χ4v) is 3.46. The highest BCUT2D eigenvalue weighted by Gasteiger charge is 2.35. The molecular formula is C10H17N3O6S. The number of carbonyl (C=O) groups is 3. The van der Waals surface area contributed by atoms with Gasteiger partial charge in [0.2, 0.25) is 11.8 Å². The molecule has 0 aromatic rings. The molecular weight excluding hydrogens is 290 g/mol. The van der Waals surface area contributed by atoms with Gasteiger partial charge >= 0.3 is 5.97 Å². The molecule has 0 saturated carbocycles. The normalized spacial score (nSPS) is 21.2. The summed E-state index contributed by atoms with van der Waals surface area (Å²) in [6, 6.07) is -0.909. The number of hydrogen-bond donors (Lipinski definition) is 3. The van der Waals surface area contributed by atoms with Crippen molar-refractivity contribution in [1.82, 2.24) is 10.2 Å². The predicted octanol–water partition coefficient (Wildman–Crippen LogP) is -2.84.